The Kier molecular flexibility index (Phi) is 5.67. The standard InChI is InChI=1S/C16H19ClFN3/c1-2-21(11-12-6-3-4-9-20-12)15(10-19)16-13(17)7-5-8-14(16)18/h3-9,15H,2,10-11,19H2,1H3. The SMILES string of the molecule is CCN(Cc1ccccn1)C(CN)c1c(F)cccc1Cl. The first-order valence-electron chi connectivity index (χ1n) is 6.95. The monoisotopic (exact) mass is 307 g/mol. The third kappa shape index (κ3) is 3.79. The zero-order valence-electron chi connectivity index (χ0n) is 12.0. The number of hydrogen-bond acceptors (Lipinski definition) is 3. The molecule has 0 amide bonds. The van der Waals surface area contributed by atoms with Gasteiger partial charge < -0.3 is 5.73 Å². The fourth-order valence-electron chi connectivity index (χ4n) is 2.42. The summed E-state index contributed by atoms with van der Waals surface area (Å²) in [5.74, 6) is -0.322. The lowest BCUT2D eigenvalue weighted by atomic mass is 10.0. The van der Waals surface area contributed by atoms with Gasteiger partial charge in [0.15, 0.2) is 0 Å². The number of benzene rings is 1. The summed E-state index contributed by atoms with van der Waals surface area (Å²) in [6.07, 6.45) is 1.75. The molecule has 1 unspecified atom stereocenters. The summed E-state index contributed by atoms with van der Waals surface area (Å²) in [5, 5.41) is 0.407. The van der Waals surface area contributed by atoms with Gasteiger partial charge in [0.2, 0.25) is 0 Å². The fourth-order valence-corrected chi connectivity index (χ4v) is 2.71. The Balaban J connectivity index is 2.29. The van der Waals surface area contributed by atoms with Crippen LogP contribution in [0, 0.1) is 5.82 Å². The van der Waals surface area contributed by atoms with Gasteiger partial charge in [-0.25, -0.2) is 4.39 Å². The van der Waals surface area contributed by atoms with Crippen LogP contribution in [0.25, 0.3) is 0 Å². The molecule has 0 aliphatic heterocycles. The minimum atomic E-state index is -0.322. The second kappa shape index (κ2) is 7.50. The molecule has 2 aromatic rings. The van der Waals surface area contributed by atoms with Crippen molar-refractivity contribution in [1.82, 2.24) is 9.88 Å². The maximum absolute atomic E-state index is 14.1. The van der Waals surface area contributed by atoms with Crippen LogP contribution in [0.5, 0.6) is 0 Å². The number of aromatic nitrogens is 1. The third-order valence-electron chi connectivity index (χ3n) is 3.49. The highest BCUT2D eigenvalue weighted by Crippen LogP contribution is 2.30. The number of likely N-dealkylation sites (N-methyl/N-ethyl adjacent to an activating group) is 1. The average molecular weight is 308 g/mol. The van der Waals surface area contributed by atoms with Gasteiger partial charge in [-0.2, -0.15) is 0 Å². The summed E-state index contributed by atoms with van der Waals surface area (Å²) in [5.41, 5.74) is 7.26. The molecule has 1 aromatic carbocycles. The van der Waals surface area contributed by atoms with E-state index in [2.05, 4.69) is 9.88 Å². The number of nitrogens with two attached hydrogens (primary N) is 1. The van der Waals surface area contributed by atoms with E-state index in [9.17, 15) is 4.39 Å². The fraction of sp³-hybridized carbons (Fsp3) is 0.312. The summed E-state index contributed by atoms with van der Waals surface area (Å²) in [4.78, 5) is 6.39. The molecule has 2 rings (SSSR count). The molecule has 0 spiro atoms. The second-order valence-corrected chi connectivity index (χ2v) is 5.18. The van der Waals surface area contributed by atoms with E-state index in [4.69, 9.17) is 17.3 Å². The van der Waals surface area contributed by atoms with E-state index in [1.807, 2.05) is 25.1 Å². The summed E-state index contributed by atoms with van der Waals surface area (Å²) >= 11 is 6.17. The molecule has 112 valence electrons. The van der Waals surface area contributed by atoms with Gasteiger partial charge in [0, 0.05) is 29.9 Å². The van der Waals surface area contributed by atoms with E-state index < -0.39 is 0 Å². The molecule has 0 aliphatic rings. The van der Waals surface area contributed by atoms with Crippen molar-refractivity contribution < 1.29 is 4.39 Å². The van der Waals surface area contributed by atoms with Gasteiger partial charge in [-0.05, 0) is 30.8 Å². The number of halogens is 2. The maximum atomic E-state index is 14.1. The molecule has 0 saturated heterocycles. The van der Waals surface area contributed by atoms with Crippen molar-refractivity contribution in [3.63, 3.8) is 0 Å². The predicted octanol–water partition coefficient (Wildman–Crippen LogP) is 3.40. The van der Waals surface area contributed by atoms with Gasteiger partial charge in [-0.1, -0.05) is 30.7 Å². The van der Waals surface area contributed by atoms with Gasteiger partial charge in [-0.3, -0.25) is 9.88 Å². The van der Waals surface area contributed by atoms with Crippen molar-refractivity contribution in [3.8, 4) is 0 Å². The average Bonchev–Trinajstić information content (AvgIpc) is 2.50. The highest BCUT2D eigenvalue weighted by atomic mass is 35.5. The van der Waals surface area contributed by atoms with E-state index in [0.29, 0.717) is 23.7 Å². The molecule has 5 heteroatoms. The van der Waals surface area contributed by atoms with Crippen molar-refractivity contribution in [2.45, 2.75) is 19.5 Å². The first kappa shape index (κ1) is 15.9. The van der Waals surface area contributed by atoms with Crippen LogP contribution in [0.4, 0.5) is 4.39 Å². The number of pyridine rings is 1. The van der Waals surface area contributed by atoms with Crippen LogP contribution in [-0.4, -0.2) is 23.0 Å². The molecule has 0 fully saturated rings. The Morgan fingerprint density at radius 3 is 2.67 bits per heavy atom. The molecule has 1 atom stereocenters. The maximum Gasteiger partial charge on any atom is 0.129 e. The summed E-state index contributed by atoms with van der Waals surface area (Å²) in [7, 11) is 0. The van der Waals surface area contributed by atoms with Crippen molar-refractivity contribution >= 4 is 11.6 Å². The minimum Gasteiger partial charge on any atom is -0.329 e. The van der Waals surface area contributed by atoms with Crippen molar-refractivity contribution in [2.75, 3.05) is 13.1 Å². The predicted molar refractivity (Wildman–Crippen MR) is 83.5 cm³/mol. The summed E-state index contributed by atoms with van der Waals surface area (Å²) in [6.45, 7) is 3.63. The lowest BCUT2D eigenvalue weighted by Crippen LogP contribution is -2.34. The lowest BCUT2D eigenvalue weighted by molar-refractivity contribution is 0.197. The molecule has 0 saturated carbocycles. The third-order valence-corrected chi connectivity index (χ3v) is 3.82. The van der Waals surface area contributed by atoms with Gasteiger partial charge in [0.25, 0.3) is 0 Å². The minimum absolute atomic E-state index is 0.272. The molecular weight excluding hydrogens is 289 g/mol. The Morgan fingerprint density at radius 1 is 1.29 bits per heavy atom. The smallest absolute Gasteiger partial charge is 0.129 e. The molecular formula is C16H19ClFN3. The van der Waals surface area contributed by atoms with E-state index in [1.165, 1.54) is 6.07 Å². The quantitative estimate of drug-likeness (QED) is 0.889. The molecule has 0 bridgehead atoms. The van der Waals surface area contributed by atoms with Crippen molar-refractivity contribution in [1.29, 1.82) is 0 Å². The Bertz CT molecular complexity index is 557. The number of nitrogens with zero attached hydrogens (tertiary/aromatic N) is 2. The molecule has 1 heterocycles. The van der Waals surface area contributed by atoms with Crippen LogP contribution in [0.1, 0.15) is 24.2 Å². The highest BCUT2D eigenvalue weighted by molar-refractivity contribution is 6.31. The van der Waals surface area contributed by atoms with Gasteiger partial charge >= 0.3 is 0 Å². The van der Waals surface area contributed by atoms with Gasteiger partial charge in [0.1, 0.15) is 5.82 Å². The van der Waals surface area contributed by atoms with E-state index in [0.717, 1.165) is 12.2 Å². The summed E-state index contributed by atoms with van der Waals surface area (Å²) in [6, 6.07) is 10.2. The van der Waals surface area contributed by atoms with Crippen LogP contribution in [0.2, 0.25) is 5.02 Å². The van der Waals surface area contributed by atoms with Crippen molar-refractivity contribution in [3.05, 3.63) is 64.7 Å². The Morgan fingerprint density at radius 2 is 2.10 bits per heavy atom. The van der Waals surface area contributed by atoms with Gasteiger partial charge in [0.05, 0.1) is 11.7 Å². The molecule has 0 aliphatic carbocycles. The summed E-state index contributed by atoms with van der Waals surface area (Å²) < 4.78 is 14.1. The molecule has 3 nitrogen and oxygen atoms in total. The van der Waals surface area contributed by atoms with Crippen LogP contribution < -0.4 is 5.73 Å². The zero-order chi connectivity index (χ0) is 15.2. The van der Waals surface area contributed by atoms with E-state index in [1.54, 1.807) is 18.3 Å². The Hall–Kier alpha value is -1.49. The Labute approximate surface area is 129 Å². The molecule has 21 heavy (non-hydrogen) atoms. The number of hydrogen-bond donors (Lipinski definition) is 1. The molecule has 1 aromatic heterocycles. The van der Waals surface area contributed by atoms with Crippen LogP contribution in [0.15, 0.2) is 42.6 Å². The van der Waals surface area contributed by atoms with Gasteiger partial charge in [-0.15, -0.1) is 0 Å². The first-order chi connectivity index (χ1) is 10.2. The first-order valence-corrected chi connectivity index (χ1v) is 7.33. The van der Waals surface area contributed by atoms with E-state index >= 15 is 0 Å². The number of rotatable bonds is 6. The molecule has 2 N–H and O–H groups in total. The normalized spacial score (nSPS) is 12.6. The van der Waals surface area contributed by atoms with E-state index in [-0.39, 0.29) is 11.9 Å². The van der Waals surface area contributed by atoms with Crippen molar-refractivity contribution in [2.24, 2.45) is 5.73 Å². The van der Waals surface area contributed by atoms with Crippen LogP contribution in [-0.2, 0) is 6.54 Å². The highest BCUT2D eigenvalue weighted by Gasteiger charge is 2.23. The molecule has 0 radical (unpaired) electrons. The zero-order valence-corrected chi connectivity index (χ0v) is 12.7. The largest absolute Gasteiger partial charge is 0.329 e. The second-order valence-electron chi connectivity index (χ2n) is 4.77. The topological polar surface area (TPSA) is 42.2 Å². The van der Waals surface area contributed by atoms with Crippen LogP contribution >= 0.6 is 11.6 Å². The van der Waals surface area contributed by atoms with Crippen LogP contribution in [0.3, 0.4) is 0 Å². The lowest BCUT2D eigenvalue weighted by Gasteiger charge is -2.30.